The van der Waals surface area contributed by atoms with Crippen molar-refractivity contribution in [3.63, 3.8) is 0 Å². The number of hydrogen-bond acceptors (Lipinski definition) is 6. The molecule has 2 N–H and O–H groups in total. The Morgan fingerprint density at radius 2 is 1.58 bits per heavy atom. The Kier molecular flexibility index (Phi) is 6.15. The SMILES string of the molecule is COC(=O)Oc1ccc2cn(CC(=O)c3cc(C(C)(C)C)c(O)c(C(C)(C)C)c3)c(=N)n2c1. The molecule has 0 bridgehead atoms. The van der Waals surface area contributed by atoms with Crippen molar-refractivity contribution >= 4 is 17.5 Å². The van der Waals surface area contributed by atoms with Gasteiger partial charge in [-0.1, -0.05) is 41.5 Å². The highest BCUT2D eigenvalue weighted by atomic mass is 16.7. The topological polar surface area (TPSA) is 106 Å². The van der Waals surface area contributed by atoms with E-state index in [1.54, 1.807) is 30.5 Å². The molecule has 3 rings (SSSR count). The molecule has 0 fully saturated rings. The zero-order chi connectivity index (χ0) is 24.7. The van der Waals surface area contributed by atoms with E-state index >= 15 is 0 Å². The summed E-state index contributed by atoms with van der Waals surface area (Å²) in [4.78, 5) is 24.6. The van der Waals surface area contributed by atoms with Crippen LogP contribution < -0.4 is 10.4 Å². The van der Waals surface area contributed by atoms with Crippen molar-refractivity contribution in [1.29, 1.82) is 5.41 Å². The predicted octanol–water partition coefficient (Wildman–Crippen LogP) is 4.55. The van der Waals surface area contributed by atoms with Gasteiger partial charge in [-0.15, -0.1) is 0 Å². The molecule has 0 radical (unpaired) electrons. The maximum Gasteiger partial charge on any atom is 0.513 e. The molecule has 0 aliphatic carbocycles. The standard InChI is InChI=1S/C25H31N3O5/c1-24(2,3)18-10-15(11-19(21(18)30)25(4,5)6)20(29)14-27-12-16-8-9-17(33-23(31)32-7)13-28(16)22(27)26/h8-13,26,30H,14H2,1-7H3. The highest BCUT2D eigenvalue weighted by Gasteiger charge is 2.28. The van der Waals surface area contributed by atoms with Crippen molar-refractivity contribution in [2.45, 2.75) is 58.9 Å². The van der Waals surface area contributed by atoms with Gasteiger partial charge in [-0.25, -0.2) is 4.79 Å². The van der Waals surface area contributed by atoms with Crippen molar-refractivity contribution in [2.75, 3.05) is 7.11 Å². The molecule has 0 spiro atoms. The minimum atomic E-state index is -0.854. The van der Waals surface area contributed by atoms with Crippen LogP contribution in [0.4, 0.5) is 4.79 Å². The van der Waals surface area contributed by atoms with Gasteiger partial charge in [0, 0.05) is 22.9 Å². The molecule has 8 heteroatoms. The van der Waals surface area contributed by atoms with Crippen LogP contribution in [0.3, 0.4) is 0 Å². The number of fused-ring (bicyclic) bond motifs is 1. The third kappa shape index (κ3) is 4.94. The van der Waals surface area contributed by atoms with Crippen LogP contribution >= 0.6 is 0 Å². The third-order valence-corrected chi connectivity index (χ3v) is 5.47. The van der Waals surface area contributed by atoms with E-state index in [0.717, 1.165) is 0 Å². The molecule has 0 saturated heterocycles. The molecule has 0 amide bonds. The summed E-state index contributed by atoms with van der Waals surface area (Å²) in [7, 11) is 1.21. The number of ketones is 1. The molecule has 33 heavy (non-hydrogen) atoms. The largest absolute Gasteiger partial charge is 0.513 e. The van der Waals surface area contributed by atoms with Gasteiger partial charge >= 0.3 is 6.16 Å². The molecular formula is C25H31N3O5. The fraction of sp³-hybridized carbons (Fsp3) is 0.400. The third-order valence-electron chi connectivity index (χ3n) is 5.47. The number of benzene rings is 1. The van der Waals surface area contributed by atoms with Gasteiger partial charge in [-0.3, -0.25) is 14.6 Å². The highest BCUT2D eigenvalue weighted by molar-refractivity contribution is 5.96. The molecule has 8 nitrogen and oxygen atoms in total. The van der Waals surface area contributed by atoms with Gasteiger partial charge in [0.25, 0.3) is 0 Å². The van der Waals surface area contributed by atoms with E-state index in [1.807, 2.05) is 41.5 Å². The quantitative estimate of drug-likeness (QED) is 0.445. The molecule has 0 saturated carbocycles. The number of aromatic hydroxyl groups is 1. The molecule has 3 aromatic rings. The Morgan fingerprint density at radius 3 is 2.09 bits per heavy atom. The number of nitrogens with zero attached hydrogens (tertiary/aromatic N) is 2. The number of ether oxygens (including phenoxy) is 2. The first-order chi connectivity index (χ1) is 15.2. The Hall–Kier alpha value is -3.55. The first-order valence-corrected chi connectivity index (χ1v) is 10.7. The van der Waals surface area contributed by atoms with E-state index in [1.165, 1.54) is 22.3 Å². The summed E-state index contributed by atoms with van der Waals surface area (Å²) in [6.07, 6.45) is 2.33. The van der Waals surface area contributed by atoms with Crippen LogP contribution in [-0.2, 0) is 22.1 Å². The lowest BCUT2D eigenvalue weighted by atomic mass is 9.78. The van der Waals surface area contributed by atoms with Crippen LogP contribution in [0.1, 0.15) is 63.0 Å². The number of nitrogens with one attached hydrogen (secondary N) is 1. The maximum atomic E-state index is 13.3. The first-order valence-electron chi connectivity index (χ1n) is 10.7. The number of phenols is 1. The van der Waals surface area contributed by atoms with E-state index in [4.69, 9.17) is 10.1 Å². The van der Waals surface area contributed by atoms with Gasteiger partial charge in [-0.2, -0.15) is 0 Å². The number of carbonyl (C=O) groups excluding carboxylic acids is 2. The molecule has 0 atom stereocenters. The van der Waals surface area contributed by atoms with Crippen LogP contribution in [0.15, 0.2) is 36.7 Å². The zero-order valence-electron chi connectivity index (χ0n) is 20.1. The Bertz CT molecular complexity index is 1250. The fourth-order valence-electron chi connectivity index (χ4n) is 3.64. The van der Waals surface area contributed by atoms with Crippen molar-refractivity contribution < 1.29 is 24.2 Å². The van der Waals surface area contributed by atoms with Gasteiger partial charge in [0.1, 0.15) is 5.75 Å². The lowest BCUT2D eigenvalue weighted by Crippen LogP contribution is -2.25. The van der Waals surface area contributed by atoms with Crippen LogP contribution in [0.5, 0.6) is 11.5 Å². The fourth-order valence-corrected chi connectivity index (χ4v) is 3.64. The molecule has 2 heterocycles. The summed E-state index contributed by atoms with van der Waals surface area (Å²) >= 11 is 0. The number of rotatable bonds is 4. The van der Waals surface area contributed by atoms with Crippen LogP contribution in [0.25, 0.3) is 5.52 Å². The Morgan fingerprint density at radius 1 is 1.00 bits per heavy atom. The predicted molar refractivity (Wildman–Crippen MR) is 124 cm³/mol. The minimum Gasteiger partial charge on any atom is -0.507 e. The number of aromatic nitrogens is 2. The first kappa shape index (κ1) is 24.1. The second-order valence-electron chi connectivity index (χ2n) is 10.1. The van der Waals surface area contributed by atoms with Crippen LogP contribution in [0.2, 0.25) is 0 Å². The lowest BCUT2D eigenvalue weighted by molar-refractivity contribution is 0.0969. The van der Waals surface area contributed by atoms with E-state index in [9.17, 15) is 14.7 Å². The summed E-state index contributed by atoms with van der Waals surface area (Å²) in [5.74, 6) is 0.264. The highest BCUT2D eigenvalue weighted by Crippen LogP contribution is 2.39. The summed E-state index contributed by atoms with van der Waals surface area (Å²) in [5, 5.41) is 19.4. The minimum absolute atomic E-state index is 0.0500. The van der Waals surface area contributed by atoms with Gasteiger partial charge in [-0.05, 0) is 35.1 Å². The molecule has 2 aromatic heterocycles. The van der Waals surface area contributed by atoms with Gasteiger partial charge in [0.05, 0.1) is 25.4 Å². The summed E-state index contributed by atoms with van der Waals surface area (Å²) in [5.41, 5.74) is 1.92. The second kappa shape index (κ2) is 8.42. The normalized spacial score (nSPS) is 12.1. The Labute approximate surface area is 192 Å². The van der Waals surface area contributed by atoms with Crippen LogP contribution in [-0.4, -0.2) is 33.1 Å². The Balaban J connectivity index is 2.01. The second-order valence-corrected chi connectivity index (χ2v) is 10.1. The monoisotopic (exact) mass is 453 g/mol. The maximum absolute atomic E-state index is 13.3. The lowest BCUT2D eigenvalue weighted by Gasteiger charge is -2.28. The summed E-state index contributed by atoms with van der Waals surface area (Å²) in [6, 6.07) is 6.76. The number of hydrogen-bond donors (Lipinski definition) is 2. The number of imidazole rings is 1. The number of Topliss-reactive ketones (excluding diaryl/α,β-unsaturated/α-hetero) is 1. The van der Waals surface area contributed by atoms with Crippen molar-refractivity contribution in [1.82, 2.24) is 8.97 Å². The van der Waals surface area contributed by atoms with Gasteiger partial charge in [0.15, 0.2) is 11.5 Å². The van der Waals surface area contributed by atoms with Gasteiger partial charge in [0.2, 0.25) is 5.62 Å². The van der Waals surface area contributed by atoms with Crippen LogP contribution in [0, 0.1) is 5.41 Å². The van der Waals surface area contributed by atoms with Gasteiger partial charge < -0.3 is 19.1 Å². The summed E-state index contributed by atoms with van der Waals surface area (Å²) < 4.78 is 12.6. The molecular weight excluding hydrogens is 422 g/mol. The van der Waals surface area contributed by atoms with Crippen molar-refractivity contribution in [3.8, 4) is 11.5 Å². The zero-order valence-corrected chi connectivity index (χ0v) is 20.1. The molecule has 0 aliphatic rings. The molecule has 0 unspecified atom stereocenters. The molecule has 176 valence electrons. The average Bonchev–Trinajstić information content (AvgIpc) is 3.01. The van der Waals surface area contributed by atoms with E-state index in [0.29, 0.717) is 22.2 Å². The van der Waals surface area contributed by atoms with E-state index in [2.05, 4.69) is 4.74 Å². The average molecular weight is 454 g/mol. The summed E-state index contributed by atoms with van der Waals surface area (Å²) in [6.45, 7) is 11.9. The van der Waals surface area contributed by atoms with Crippen molar-refractivity contribution in [2.24, 2.45) is 0 Å². The van der Waals surface area contributed by atoms with E-state index < -0.39 is 6.16 Å². The smallest absolute Gasteiger partial charge is 0.507 e. The number of phenolic OH excluding ortho intramolecular Hbond substituents is 1. The molecule has 0 aliphatic heterocycles. The number of methoxy groups -OCH3 is 1. The molecule has 1 aromatic carbocycles. The van der Waals surface area contributed by atoms with E-state index in [-0.39, 0.29) is 40.3 Å². The number of carbonyl (C=O) groups is 2. The van der Waals surface area contributed by atoms with Crippen molar-refractivity contribution in [3.05, 3.63) is 59.0 Å². The number of pyridine rings is 1.